The molecule has 68 heavy (non-hydrogen) atoms. The fraction of sp³-hybridized carbons (Fsp3) is 0.489. The van der Waals surface area contributed by atoms with Gasteiger partial charge in [0.15, 0.2) is 11.7 Å². The van der Waals surface area contributed by atoms with Gasteiger partial charge in [-0.25, -0.2) is 0 Å². The molecule has 3 fully saturated rings. The molecule has 0 radical (unpaired) electrons. The summed E-state index contributed by atoms with van der Waals surface area (Å²) in [6, 6.07) is 15.8. The van der Waals surface area contributed by atoms with Gasteiger partial charge in [-0.1, -0.05) is 32.9 Å². The van der Waals surface area contributed by atoms with E-state index in [0.29, 0.717) is 16.7 Å². The maximum Gasteiger partial charge on any atom is 0.229 e. The molecular formula is C47H56O21. The molecule has 2 aromatic heterocycles. The van der Waals surface area contributed by atoms with Crippen LogP contribution in [0.3, 0.4) is 0 Å². The van der Waals surface area contributed by atoms with E-state index in [1.54, 1.807) is 31.2 Å². The number of rotatable bonds is 11. The molecule has 8 rings (SSSR count). The highest BCUT2D eigenvalue weighted by Crippen LogP contribution is 2.46. The summed E-state index contributed by atoms with van der Waals surface area (Å²) in [5, 5.41) is 117. The summed E-state index contributed by atoms with van der Waals surface area (Å²) in [6.45, 7) is 3.41. The third-order valence-corrected chi connectivity index (χ3v) is 12.5. The van der Waals surface area contributed by atoms with E-state index < -0.39 is 128 Å². The largest absolute Gasteiger partial charge is 0.507 e. The molecule has 5 aromatic rings. The lowest BCUT2D eigenvalue weighted by Crippen LogP contribution is -2.60. The van der Waals surface area contributed by atoms with Crippen LogP contribution in [0.2, 0.25) is 0 Å². The average molecular weight is 957 g/mol. The van der Waals surface area contributed by atoms with Crippen molar-refractivity contribution in [3.8, 4) is 28.6 Å². The molecule has 0 saturated carbocycles. The number of fused-ring (bicyclic) bond motifs is 2. The van der Waals surface area contributed by atoms with Gasteiger partial charge in [0.1, 0.15) is 113 Å². The second-order valence-electron chi connectivity index (χ2n) is 17.2. The number of benzene rings is 3. The van der Waals surface area contributed by atoms with Gasteiger partial charge < -0.3 is 93.4 Å². The van der Waals surface area contributed by atoms with Crippen molar-refractivity contribution in [1.82, 2.24) is 0 Å². The minimum Gasteiger partial charge on any atom is -0.507 e. The number of hydrogen-bond acceptors (Lipinski definition) is 21. The van der Waals surface area contributed by atoms with Crippen LogP contribution in [0, 0.1) is 5.92 Å². The zero-order chi connectivity index (χ0) is 49.3. The van der Waals surface area contributed by atoms with E-state index in [0.717, 1.165) is 6.07 Å². The number of para-hydroxylation sites is 1. The summed E-state index contributed by atoms with van der Waals surface area (Å²) in [6.07, 6.45) is -22.5. The van der Waals surface area contributed by atoms with Gasteiger partial charge in [-0.3, -0.25) is 9.59 Å². The first-order valence-corrected chi connectivity index (χ1v) is 21.8. The summed E-state index contributed by atoms with van der Waals surface area (Å²) in [5.74, 6) is -1.38. The highest BCUT2D eigenvalue weighted by atomic mass is 16.7. The van der Waals surface area contributed by atoms with E-state index in [9.17, 15) is 61.0 Å². The van der Waals surface area contributed by atoms with Crippen molar-refractivity contribution >= 4 is 21.9 Å². The van der Waals surface area contributed by atoms with Gasteiger partial charge in [-0.2, -0.15) is 0 Å². The highest BCUT2D eigenvalue weighted by molar-refractivity contribution is 5.91. The quantitative estimate of drug-likeness (QED) is 0.0822. The van der Waals surface area contributed by atoms with Gasteiger partial charge >= 0.3 is 0 Å². The molecule has 11 N–H and O–H groups in total. The second kappa shape index (κ2) is 21.3. The molecule has 3 aliphatic heterocycles. The molecule has 5 heterocycles. The number of ether oxygens (including phenoxy) is 6. The number of aromatic hydroxyl groups is 1. The Morgan fingerprint density at radius 2 is 1.40 bits per heavy atom. The van der Waals surface area contributed by atoms with Crippen molar-refractivity contribution in [2.75, 3.05) is 26.9 Å². The monoisotopic (exact) mass is 956 g/mol. The lowest BCUT2D eigenvalue weighted by Gasteiger charge is -2.45. The summed E-state index contributed by atoms with van der Waals surface area (Å²) >= 11 is 0. The first-order chi connectivity index (χ1) is 32.4. The van der Waals surface area contributed by atoms with Gasteiger partial charge in [0.2, 0.25) is 11.7 Å². The normalized spacial score (nSPS) is 31.3. The van der Waals surface area contributed by atoms with Gasteiger partial charge in [0.25, 0.3) is 0 Å². The van der Waals surface area contributed by atoms with Crippen LogP contribution in [0.5, 0.6) is 17.2 Å². The Morgan fingerprint density at radius 1 is 0.750 bits per heavy atom. The van der Waals surface area contributed by atoms with Crippen LogP contribution in [0.25, 0.3) is 33.3 Å². The highest BCUT2D eigenvalue weighted by Gasteiger charge is 2.51. The first-order valence-electron chi connectivity index (χ1n) is 21.8. The third kappa shape index (κ3) is 9.86. The van der Waals surface area contributed by atoms with Crippen LogP contribution >= 0.6 is 0 Å². The molecule has 21 nitrogen and oxygen atoms in total. The number of phenolic OH excluding ortho intramolecular Hbond substituents is 1. The zero-order valence-corrected chi connectivity index (χ0v) is 37.2. The number of aliphatic hydroxyl groups is 10. The van der Waals surface area contributed by atoms with E-state index in [1.165, 1.54) is 31.6 Å². The number of aliphatic hydroxyl groups excluding tert-OH is 10. The van der Waals surface area contributed by atoms with Crippen molar-refractivity contribution in [3.63, 3.8) is 0 Å². The van der Waals surface area contributed by atoms with Crippen LogP contribution in [0.4, 0.5) is 0 Å². The van der Waals surface area contributed by atoms with Crippen molar-refractivity contribution < 1.29 is 93.4 Å². The van der Waals surface area contributed by atoms with Crippen LogP contribution in [0.1, 0.15) is 43.9 Å². The Morgan fingerprint density at radius 3 is 2.04 bits per heavy atom. The molecule has 0 aliphatic carbocycles. The Balaban J connectivity index is 0.000000541. The molecule has 15 atom stereocenters. The summed E-state index contributed by atoms with van der Waals surface area (Å²) in [5.41, 5.74) is -0.452. The third-order valence-electron chi connectivity index (χ3n) is 12.5. The summed E-state index contributed by atoms with van der Waals surface area (Å²) < 4.78 is 46.1. The average Bonchev–Trinajstić information content (AvgIpc) is 3.33. The van der Waals surface area contributed by atoms with E-state index in [4.69, 9.17) is 37.3 Å². The predicted molar refractivity (Wildman–Crippen MR) is 236 cm³/mol. The fourth-order valence-electron chi connectivity index (χ4n) is 8.28. The van der Waals surface area contributed by atoms with Crippen LogP contribution in [-0.2, 0) is 18.9 Å². The fourth-order valence-corrected chi connectivity index (χ4v) is 8.28. The Hall–Kier alpha value is -5.08. The van der Waals surface area contributed by atoms with Crippen molar-refractivity contribution in [2.24, 2.45) is 5.92 Å². The second-order valence-corrected chi connectivity index (χ2v) is 17.2. The number of hydrogen-bond donors (Lipinski definition) is 11. The smallest absolute Gasteiger partial charge is 0.229 e. The van der Waals surface area contributed by atoms with Crippen molar-refractivity contribution in [1.29, 1.82) is 0 Å². The minimum atomic E-state index is -1.93. The molecule has 0 spiro atoms. The van der Waals surface area contributed by atoms with Crippen LogP contribution in [-0.4, -0.2) is 163 Å². The summed E-state index contributed by atoms with van der Waals surface area (Å²) in [4.78, 5) is 26.2. The predicted octanol–water partition coefficient (Wildman–Crippen LogP) is -0.116. The number of methoxy groups -OCH3 is 1. The van der Waals surface area contributed by atoms with Crippen molar-refractivity contribution in [3.05, 3.63) is 98.5 Å². The number of phenols is 1. The van der Waals surface area contributed by atoms with Crippen LogP contribution < -0.4 is 20.3 Å². The molecule has 21 heteroatoms. The van der Waals surface area contributed by atoms with Gasteiger partial charge in [0.05, 0.1) is 44.1 Å². The zero-order valence-electron chi connectivity index (χ0n) is 37.2. The van der Waals surface area contributed by atoms with E-state index in [2.05, 4.69) is 0 Å². The van der Waals surface area contributed by atoms with Crippen LogP contribution in [0.15, 0.2) is 85.4 Å². The topological polar surface area (TPSA) is 338 Å². The molecular weight excluding hydrogens is 900 g/mol. The maximum atomic E-state index is 15.1. The maximum absolute atomic E-state index is 15.1. The molecule has 0 amide bonds. The molecule has 3 saturated heterocycles. The van der Waals surface area contributed by atoms with Gasteiger partial charge in [0, 0.05) is 23.3 Å². The van der Waals surface area contributed by atoms with Crippen molar-refractivity contribution in [2.45, 2.75) is 113 Å². The lowest BCUT2D eigenvalue weighted by molar-refractivity contribution is -0.325. The van der Waals surface area contributed by atoms with Gasteiger partial charge in [-0.15, -0.1) is 0 Å². The standard InChI is InChI=1S/C38H50O19.C9H6O2/c1-13(2)14(3)22-19(54-38-32(50)29(47)26(44)21(11-40)55-38)9-17(41)23-28(46)24(33(56-34(22)23)15-5-7-16(51-4)8-6-15)35-36(30(48)27(45)20(10-39)53-35)57-37-31(49)25(43)18(42)12-52-37;10-8-5-6-11-9-4-2-1-3-7(8)9/h5-9,13-14,18,20-21,25-27,29-32,35-45,47-50H,10-12H2,1-4H3;1-6H/t14?,18-,20-,21+,25+,26+,27-,29-,30+,31-,32+,35+,36+,37+,38+;/m0./s1. The molecule has 3 aliphatic rings. The Labute approximate surface area is 387 Å². The molecule has 370 valence electrons. The molecule has 0 bridgehead atoms. The Kier molecular flexibility index (Phi) is 15.9. The summed E-state index contributed by atoms with van der Waals surface area (Å²) in [7, 11) is 1.44. The van der Waals surface area contributed by atoms with E-state index >= 15 is 4.79 Å². The van der Waals surface area contributed by atoms with Gasteiger partial charge in [-0.05, 0) is 48.2 Å². The minimum absolute atomic E-state index is 0.00634. The molecule has 1 unspecified atom stereocenters. The van der Waals surface area contributed by atoms with E-state index in [1.807, 2.05) is 26.0 Å². The first kappa shape index (κ1) is 50.8. The lowest BCUT2D eigenvalue weighted by atomic mass is 9.86. The Bertz CT molecular complexity index is 2610. The molecule has 3 aromatic carbocycles. The van der Waals surface area contributed by atoms with E-state index in [-0.39, 0.29) is 45.1 Å². The SMILES string of the molecule is COc1ccc(-c2oc3c(C(C)C(C)C)c(O[C@@H]4O[C@H](CO)[C@@H](O)[C@H](O)[C@H]4O)cc(O)c3c(=O)c2[C@H]2O[C@@H](CO)[C@H](O)[C@@H](O)[C@H]2O[C@H]2OC[C@H](O)[C@@H](O)[C@@H]2O)cc1.O=c1ccoc2ccccc12.